The van der Waals surface area contributed by atoms with E-state index in [0.717, 1.165) is 18.4 Å². The van der Waals surface area contributed by atoms with Gasteiger partial charge in [-0.1, -0.05) is 0 Å². The first-order valence-electron chi connectivity index (χ1n) is 4.68. The lowest BCUT2D eigenvalue weighted by Crippen LogP contribution is -2.42. The largest absolute Gasteiger partial charge is 0.472 e. The third-order valence-electron chi connectivity index (χ3n) is 2.78. The summed E-state index contributed by atoms with van der Waals surface area (Å²) in [5, 5.41) is 10.2. The predicted molar refractivity (Wildman–Crippen MR) is 49.1 cm³/mol. The van der Waals surface area contributed by atoms with Gasteiger partial charge in [0.1, 0.15) is 0 Å². The van der Waals surface area contributed by atoms with Crippen LogP contribution in [0.25, 0.3) is 0 Å². The molecule has 1 heterocycles. The molecule has 1 saturated carbocycles. The second kappa shape index (κ2) is 3.16. The maximum absolute atomic E-state index is 10.2. The zero-order chi connectivity index (χ0) is 9.31. The molecule has 72 valence electrons. The number of furan rings is 1. The SMILES string of the molecule is NCC(O)(Cc1ccoc1)C1CC1. The third-order valence-corrected chi connectivity index (χ3v) is 2.78. The van der Waals surface area contributed by atoms with Gasteiger partial charge in [-0.05, 0) is 30.4 Å². The van der Waals surface area contributed by atoms with Gasteiger partial charge in [-0.15, -0.1) is 0 Å². The summed E-state index contributed by atoms with van der Waals surface area (Å²) in [7, 11) is 0. The van der Waals surface area contributed by atoms with Crippen molar-refractivity contribution in [1.29, 1.82) is 0 Å². The van der Waals surface area contributed by atoms with Gasteiger partial charge >= 0.3 is 0 Å². The third kappa shape index (κ3) is 1.76. The minimum Gasteiger partial charge on any atom is -0.472 e. The van der Waals surface area contributed by atoms with E-state index >= 15 is 0 Å². The highest BCUT2D eigenvalue weighted by molar-refractivity contribution is 5.12. The molecule has 1 atom stereocenters. The number of rotatable bonds is 4. The Hall–Kier alpha value is -0.800. The number of nitrogens with two attached hydrogens (primary N) is 1. The maximum Gasteiger partial charge on any atom is 0.0935 e. The Morgan fingerprint density at radius 3 is 2.85 bits per heavy atom. The van der Waals surface area contributed by atoms with Gasteiger partial charge in [-0.25, -0.2) is 0 Å². The van der Waals surface area contributed by atoms with Crippen LogP contribution in [0, 0.1) is 5.92 Å². The molecule has 3 nitrogen and oxygen atoms in total. The van der Waals surface area contributed by atoms with E-state index in [0.29, 0.717) is 18.9 Å². The van der Waals surface area contributed by atoms with Gasteiger partial charge in [-0.3, -0.25) is 0 Å². The van der Waals surface area contributed by atoms with Gasteiger partial charge in [0.15, 0.2) is 0 Å². The summed E-state index contributed by atoms with van der Waals surface area (Å²) >= 11 is 0. The average Bonchev–Trinajstić information content (AvgIpc) is 2.88. The Labute approximate surface area is 77.5 Å². The van der Waals surface area contributed by atoms with Crippen LogP contribution in [-0.4, -0.2) is 17.3 Å². The molecule has 0 radical (unpaired) electrons. The second-order valence-electron chi connectivity index (χ2n) is 3.89. The summed E-state index contributed by atoms with van der Waals surface area (Å²) in [5.74, 6) is 0.396. The lowest BCUT2D eigenvalue weighted by atomic mass is 9.91. The van der Waals surface area contributed by atoms with Crippen LogP contribution in [0.3, 0.4) is 0 Å². The van der Waals surface area contributed by atoms with E-state index in [9.17, 15) is 5.11 Å². The summed E-state index contributed by atoms with van der Waals surface area (Å²) in [6, 6.07) is 1.88. The first kappa shape index (κ1) is 8.78. The first-order valence-corrected chi connectivity index (χ1v) is 4.68. The van der Waals surface area contributed by atoms with E-state index in [2.05, 4.69) is 0 Å². The van der Waals surface area contributed by atoms with Crippen LogP contribution in [0.1, 0.15) is 18.4 Å². The van der Waals surface area contributed by atoms with Gasteiger partial charge in [0.05, 0.1) is 18.1 Å². The molecule has 13 heavy (non-hydrogen) atoms. The topological polar surface area (TPSA) is 59.4 Å². The molecule has 2 rings (SSSR count). The minimum atomic E-state index is -0.704. The summed E-state index contributed by atoms with van der Waals surface area (Å²) < 4.78 is 4.95. The Kier molecular flexibility index (Phi) is 2.14. The Morgan fingerprint density at radius 1 is 1.62 bits per heavy atom. The van der Waals surface area contributed by atoms with E-state index in [4.69, 9.17) is 10.2 Å². The van der Waals surface area contributed by atoms with Crippen molar-refractivity contribution >= 4 is 0 Å². The summed E-state index contributed by atoms with van der Waals surface area (Å²) in [5.41, 5.74) is 5.91. The number of hydrogen-bond donors (Lipinski definition) is 2. The Morgan fingerprint density at radius 2 is 2.38 bits per heavy atom. The molecule has 1 aliphatic rings. The normalized spacial score (nSPS) is 21.4. The molecular weight excluding hydrogens is 166 g/mol. The number of aliphatic hydroxyl groups is 1. The van der Waals surface area contributed by atoms with E-state index in [1.165, 1.54) is 0 Å². The molecule has 0 bridgehead atoms. The van der Waals surface area contributed by atoms with Crippen molar-refractivity contribution < 1.29 is 9.52 Å². The van der Waals surface area contributed by atoms with Crippen molar-refractivity contribution in [2.75, 3.05) is 6.54 Å². The van der Waals surface area contributed by atoms with Crippen LogP contribution in [0.2, 0.25) is 0 Å². The molecule has 0 aliphatic heterocycles. The zero-order valence-corrected chi connectivity index (χ0v) is 7.57. The average molecular weight is 181 g/mol. The summed E-state index contributed by atoms with van der Waals surface area (Å²) in [6.45, 7) is 0.336. The zero-order valence-electron chi connectivity index (χ0n) is 7.57. The van der Waals surface area contributed by atoms with E-state index in [1.807, 2.05) is 6.07 Å². The highest BCUT2D eigenvalue weighted by Crippen LogP contribution is 2.40. The molecule has 1 aromatic rings. The predicted octanol–water partition coefficient (Wildman–Crippen LogP) is 0.922. The standard InChI is InChI=1S/C10H15NO2/c11-7-10(12,9-1-2-9)5-8-3-4-13-6-8/h3-4,6,9,12H,1-2,5,7,11H2. The van der Waals surface area contributed by atoms with Crippen LogP contribution in [0.15, 0.2) is 23.0 Å². The van der Waals surface area contributed by atoms with Gasteiger partial charge in [0.2, 0.25) is 0 Å². The van der Waals surface area contributed by atoms with Crippen molar-refractivity contribution in [2.24, 2.45) is 11.7 Å². The molecule has 1 aliphatic carbocycles. The van der Waals surface area contributed by atoms with Crippen molar-refractivity contribution in [3.63, 3.8) is 0 Å². The van der Waals surface area contributed by atoms with Crippen molar-refractivity contribution in [3.8, 4) is 0 Å². The smallest absolute Gasteiger partial charge is 0.0935 e. The highest BCUT2D eigenvalue weighted by Gasteiger charge is 2.42. The molecule has 1 unspecified atom stereocenters. The van der Waals surface area contributed by atoms with Crippen molar-refractivity contribution in [2.45, 2.75) is 24.9 Å². The van der Waals surface area contributed by atoms with Gasteiger partial charge in [-0.2, -0.15) is 0 Å². The van der Waals surface area contributed by atoms with Crippen LogP contribution >= 0.6 is 0 Å². The quantitative estimate of drug-likeness (QED) is 0.726. The first-order chi connectivity index (χ1) is 6.24. The lowest BCUT2D eigenvalue weighted by Gasteiger charge is -2.25. The Bertz CT molecular complexity index is 266. The highest BCUT2D eigenvalue weighted by atomic mass is 16.3. The van der Waals surface area contributed by atoms with Gasteiger partial charge in [0.25, 0.3) is 0 Å². The minimum absolute atomic E-state index is 0.336. The fraction of sp³-hybridized carbons (Fsp3) is 0.600. The Balaban J connectivity index is 2.05. The maximum atomic E-state index is 10.2. The second-order valence-corrected chi connectivity index (χ2v) is 3.89. The van der Waals surface area contributed by atoms with E-state index in [-0.39, 0.29) is 0 Å². The molecule has 1 aromatic heterocycles. The molecule has 0 aromatic carbocycles. The van der Waals surface area contributed by atoms with Crippen LogP contribution in [-0.2, 0) is 6.42 Å². The summed E-state index contributed by atoms with van der Waals surface area (Å²) in [4.78, 5) is 0. The lowest BCUT2D eigenvalue weighted by molar-refractivity contribution is 0.0266. The molecule has 0 amide bonds. The van der Waals surface area contributed by atoms with Crippen LogP contribution in [0.4, 0.5) is 0 Å². The van der Waals surface area contributed by atoms with E-state index in [1.54, 1.807) is 12.5 Å². The molecule has 1 fully saturated rings. The molecular formula is C10H15NO2. The number of hydrogen-bond acceptors (Lipinski definition) is 3. The fourth-order valence-corrected chi connectivity index (χ4v) is 1.75. The molecule has 3 N–H and O–H groups in total. The van der Waals surface area contributed by atoms with Crippen molar-refractivity contribution in [3.05, 3.63) is 24.2 Å². The fourth-order valence-electron chi connectivity index (χ4n) is 1.75. The van der Waals surface area contributed by atoms with Gasteiger partial charge < -0.3 is 15.3 Å². The van der Waals surface area contributed by atoms with Crippen LogP contribution < -0.4 is 5.73 Å². The van der Waals surface area contributed by atoms with E-state index < -0.39 is 5.60 Å². The van der Waals surface area contributed by atoms with Crippen LogP contribution in [0.5, 0.6) is 0 Å². The molecule has 3 heteroatoms. The monoisotopic (exact) mass is 181 g/mol. The molecule has 0 spiro atoms. The van der Waals surface area contributed by atoms with Gasteiger partial charge in [0, 0.05) is 13.0 Å². The molecule has 0 saturated heterocycles. The van der Waals surface area contributed by atoms with Crippen molar-refractivity contribution in [1.82, 2.24) is 0 Å². The summed E-state index contributed by atoms with van der Waals surface area (Å²) in [6.07, 6.45) is 6.12.